The Morgan fingerprint density at radius 3 is 2.31 bits per heavy atom. The first-order chi connectivity index (χ1) is 12.5. The van der Waals surface area contributed by atoms with E-state index < -0.39 is 5.97 Å². The topological polar surface area (TPSA) is 82.5 Å². The summed E-state index contributed by atoms with van der Waals surface area (Å²) in [6.07, 6.45) is 3.28. The van der Waals surface area contributed by atoms with Crippen LogP contribution >= 0.6 is 15.9 Å². The van der Waals surface area contributed by atoms with E-state index in [9.17, 15) is 14.7 Å². The van der Waals surface area contributed by atoms with Gasteiger partial charge in [0.1, 0.15) is 11.4 Å². The molecule has 0 saturated carbocycles. The Kier molecular flexibility index (Phi) is 7.15. The first kappa shape index (κ1) is 19.9. The Balaban J connectivity index is 2.28. The van der Waals surface area contributed by atoms with Gasteiger partial charge in [-0.1, -0.05) is 29.8 Å². The first-order valence-electron chi connectivity index (χ1n) is 8.51. The monoisotopic (exact) mass is 419 g/mol. The third-order valence-corrected chi connectivity index (χ3v) is 4.28. The molecule has 26 heavy (non-hydrogen) atoms. The minimum Gasteiger partial charge on any atom is -0.478 e. The van der Waals surface area contributed by atoms with Crippen molar-refractivity contribution in [2.45, 2.75) is 26.7 Å². The van der Waals surface area contributed by atoms with E-state index in [-0.39, 0.29) is 11.5 Å². The lowest BCUT2D eigenvalue weighted by Crippen LogP contribution is -2.28. The minimum absolute atomic E-state index is 0.0838. The van der Waals surface area contributed by atoms with Crippen LogP contribution < -0.4 is 10.2 Å². The van der Waals surface area contributed by atoms with Gasteiger partial charge in [0.15, 0.2) is 0 Å². The molecule has 0 spiro atoms. The van der Waals surface area contributed by atoms with Gasteiger partial charge in [0.05, 0.1) is 11.9 Å². The van der Waals surface area contributed by atoms with Gasteiger partial charge in [-0.3, -0.25) is 4.79 Å². The van der Waals surface area contributed by atoms with Gasteiger partial charge >= 0.3 is 5.97 Å². The molecule has 1 aromatic carbocycles. The zero-order valence-corrected chi connectivity index (χ0v) is 16.4. The number of aromatic carboxylic acids is 1. The normalized spacial score (nSPS) is 10.4. The molecule has 0 aliphatic rings. The molecule has 2 rings (SSSR count). The highest BCUT2D eigenvalue weighted by Gasteiger charge is 2.18. The second kappa shape index (κ2) is 9.33. The van der Waals surface area contributed by atoms with Crippen LogP contribution in [0.15, 0.2) is 41.0 Å². The van der Waals surface area contributed by atoms with Crippen molar-refractivity contribution in [3.8, 4) is 0 Å². The fraction of sp³-hybridized carbons (Fsp3) is 0.316. The summed E-state index contributed by atoms with van der Waals surface area (Å²) in [5.74, 6) is -0.949. The second-order valence-electron chi connectivity index (χ2n) is 5.85. The number of carbonyl (C=O) groups is 2. The zero-order valence-electron chi connectivity index (χ0n) is 14.8. The molecule has 1 amide bonds. The van der Waals surface area contributed by atoms with Crippen molar-refractivity contribution in [1.29, 1.82) is 0 Å². The molecule has 0 fully saturated rings. The fourth-order valence-corrected chi connectivity index (χ4v) is 2.87. The summed E-state index contributed by atoms with van der Waals surface area (Å²) in [6.45, 7) is 5.53. The zero-order chi connectivity index (χ0) is 19.1. The number of carboxylic acids is 1. The van der Waals surface area contributed by atoms with E-state index in [0.717, 1.165) is 30.4 Å². The average Bonchev–Trinajstić information content (AvgIpc) is 2.62. The Morgan fingerprint density at radius 2 is 1.77 bits per heavy atom. The summed E-state index contributed by atoms with van der Waals surface area (Å²) >= 11 is 3.32. The van der Waals surface area contributed by atoms with E-state index in [0.29, 0.717) is 17.1 Å². The van der Waals surface area contributed by atoms with E-state index in [1.807, 2.05) is 18.7 Å². The van der Waals surface area contributed by atoms with Crippen LogP contribution in [-0.2, 0) is 0 Å². The largest absolute Gasteiger partial charge is 0.478 e. The molecular formula is C19H22BrN3O3. The van der Waals surface area contributed by atoms with Crippen molar-refractivity contribution >= 4 is 39.3 Å². The maximum atomic E-state index is 12.3. The van der Waals surface area contributed by atoms with Crippen molar-refractivity contribution < 1.29 is 14.7 Å². The number of rotatable bonds is 8. The number of amides is 1. The average molecular weight is 420 g/mol. The van der Waals surface area contributed by atoms with E-state index >= 15 is 0 Å². The van der Waals surface area contributed by atoms with Crippen LogP contribution in [0.25, 0.3) is 0 Å². The number of carboxylic acid groups (broad SMARTS) is 1. The molecule has 2 N–H and O–H groups in total. The van der Waals surface area contributed by atoms with Gasteiger partial charge in [-0.15, -0.1) is 0 Å². The molecule has 0 saturated heterocycles. The number of aromatic nitrogens is 1. The number of nitrogens with one attached hydrogen (secondary N) is 1. The molecule has 0 aliphatic carbocycles. The number of nitrogens with zero attached hydrogens (tertiary/aromatic N) is 2. The summed E-state index contributed by atoms with van der Waals surface area (Å²) in [5, 5.41) is 12.3. The second-order valence-corrected chi connectivity index (χ2v) is 6.76. The molecule has 0 atom stereocenters. The van der Waals surface area contributed by atoms with Gasteiger partial charge < -0.3 is 15.3 Å². The quantitative estimate of drug-likeness (QED) is 0.661. The van der Waals surface area contributed by atoms with Crippen LogP contribution in [0.3, 0.4) is 0 Å². The standard InChI is InChI=1S/C19H22BrN3O3/c1-3-9-23(10-4-2)17-16(19(25)26)11-15(12-21-17)22-18(24)13-5-7-14(20)8-6-13/h5-8,11-12H,3-4,9-10H2,1-2H3,(H,22,24)(H,25,26). The molecular weight excluding hydrogens is 398 g/mol. The first-order valence-corrected chi connectivity index (χ1v) is 9.30. The molecule has 1 aromatic heterocycles. The van der Waals surface area contributed by atoms with Gasteiger partial charge in [0.25, 0.3) is 5.91 Å². The van der Waals surface area contributed by atoms with Crippen LogP contribution in [0.2, 0.25) is 0 Å². The van der Waals surface area contributed by atoms with Crippen molar-refractivity contribution in [2.24, 2.45) is 0 Å². The van der Waals surface area contributed by atoms with Crippen LogP contribution in [0.5, 0.6) is 0 Å². The van der Waals surface area contributed by atoms with E-state index in [2.05, 4.69) is 26.2 Å². The SMILES string of the molecule is CCCN(CCC)c1ncc(NC(=O)c2ccc(Br)cc2)cc1C(=O)O. The van der Waals surface area contributed by atoms with Gasteiger partial charge in [0, 0.05) is 23.1 Å². The Labute approximate surface area is 161 Å². The molecule has 0 radical (unpaired) electrons. The Morgan fingerprint density at radius 1 is 1.15 bits per heavy atom. The lowest BCUT2D eigenvalue weighted by atomic mass is 10.2. The summed E-state index contributed by atoms with van der Waals surface area (Å²) < 4.78 is 0.875. The van der Waals surface area contributed by atoms with Crippen molar-refractivity contribution in [1.82, 2.24) is 4.98 Å². The van der Waals surface area contributed by atoms with Crippen molar-refractivity contribution in [3.63, 3.8) is 0 Å². The van der Waals surface area contributed by atoms with Crippen LogP contribution in [-0.4, -0.2) is 35.1 Å². The number of benzene rings is 1. The van der Waals surface area contributed by atoms with E-state index in [4.69, 9.17) is 0 Å². The Bertz CT molecular complexity index is 772. The van der Waals surface area contributed by atoms with Gasteiger partial charge in [0.2, 0.25) is 0 Å². The summed E-state index contributed by atoms with van der Waals surface area (Å²) in [4.78, 5) is 30.3. The molecule has 0 unspecified atom stereocenters. The van der Waals surface area contributed by atoms with Crippen LogP contribution in [0, 0.1) is 0 Å². The highest BCUT2D eigenvalue weighted by Crippen LogP contribution is 2.23. The van der Waals surface area contributed by atoms with E-state index in [1.54, 1.807) is 24.3 Å². The minimum atomic E-state index is -1.07. The summed E-state index contributed by atoms with van der Waals surface area (Å²) in [5.41, 5.74) is 0.917. The van der Waals surface area contributed by atoms with Crippen molar-refractivity contribution in [3.05, 3.63) is 52.1 Å². The lowest BCUT2D eigenvalue weighted by molar-refractivity contribution is 0.0696. The number of halogens is 1. The van der Waals surface area contributed by atoms with Crippen molar-refractivity contribution in [2.75, 3.05) is 23.3 Å². The third-order valence-electron chi connectivity index (χ3n) is 3.75. The number of pyridine rings is 1. The number of carbonyl (C=O) groups excluding carboxylic acids is 1. The molecule has 6 nitrogen and oxygen atoms in total. The highest BCUT2D eigenvalue weighted by molar-refractivity contribution is 9.10. The third kappa shape index (κ3) is 5.05. The fourth-order valence-electron chi connectivity index (χ4n) is 2.60. The van der Waals surface area contributed by atoms with Crippen LogP contribution in [0.4, 0.5) is 11.5 Å². The molecule has 138 valence electrons. The van der Waals surface area contributed by atoms with Gasteiger partial charge in [-0.05, 0) is 43.2 Å². The molecule has 0 aliphatic heterocycles. The molecule has 7 heteroatoms. The number of hydrogen-bond donors (Lipinski definition) is 2. The summed E-state index contributed by atoms with van der Waals surface area (Å²) in [7, 11) is 0. The van der Waals surface area contributed by atoms with Gasteiger partial charge in [-0.2, -0.15) is 0 Å². The molecule has 2 aromatic rings. The maximum Gasteiger partial charge on any atom is 0.339 e. The summed E-state index contributed by atoms with van der Waals surface area (Å²) in [6, 6.07) is 8.37. The lowest BCUT2D eigenvalue weighted by Gasteiger charge is -2.24. The predicted octanol–water partition coefficient (Wildman–Crippen LogP) is 4.42. The van der Waals surface area contributed by atoms with Crippen LogP contribution in [0.1, 0.15) is 47.4 Å². The number of anilines is 2. The van der Waals surface area contributed by atoms with E-state index in [1.165, 1.54) is 12.3 Å². The maximum absolute atomic E-state index is 12.3. The smallest absolute Gasteiger partial charge is 0.339 e. The highest BCUT2D eigenvalue weighted by atomic mass is 79.9. The molecule has 1 heterocycles. The number of hydrogen-bond acceptors (Lipinski definition) is 4. The molecule has 0 bridgehead atoms. The predicted molar refractivity (Wildman–Crippen MR) is 106 cm³/mol. The van der Waals surface area contributed by atoms with Gasteiger partial charge in [-0.25, -0.2) is 9.78 Å². The Hall–Kier alpha value is -2.41.